The summed E-state index contributed by atoms with van der Waals surface area (Å²) in [4.78, 5) is 0. The molecule has 112 valence electrons. The van der Waals surface area contributed by atoms with Gasteiger partial charge < -0.3 is 5.32 Å². The number of fused-ring (bicyclic) bond motifs is 1. The lowest BCUT2D eigenvalue weighted by Gasteiger charge is -2.24. The summed E-state index contributed by atoms with van der Waals surface area (Å²) in [7, 11) is -1.11. The summed E-state index contributed by atoms with van der Waals surface area (Å²) in [6.07, 6.45) is 0.652. The molecule has 1 aliphatic heterocycles. The summed E-state index contributed by atoms with van der Waals surface area (Å²) in [5.74, 6) is 0.233. The molecule has 2 aromatic carbocycles. The van der Waals surface area contributed by atoms with Crippen molar-refractivity contribution in [3.05, 3.63) is 47.8 Å². The molecule has 2 aromatic rings. The maximum absolute atomic E-state index is 13.9. The van der Waals surface area contributed by atoms with Gasteiger partial charge in [0, 0.05) is 11.4 Å². The van der Waals surface area contributed by atoms with E-state index in [1.54, 1.807) is 12.1 Å². The van der Waals surface area contributed by atoms with Crippen LogP contribution in [0.2, 0.25) is 0 Å². The molecule has 0 aromatic heterocycles. The summed E-state index contributed by atoms with van der Waals surface area (Å²) in [5, 5.41) is 4.65. The summed E-state index contributed by atoms with van der Waals surface area (Å²) in [6.45, 7) is 0. The van der Waals surface area contributed by atoms with Gasteiger partial charge in [0.25, 0.3) is 0 Å². The molecule has 0 bridgehead atoms. The molecular weight excluding hydrogens is 289 g/mol. The van der Waals surface area contributed by atoms with Gasteiger partial charge in [0.15, 0.2) is 9.84 Å². The monoisotopic (exact) mass is 307 g/mol. The highest BCUT2D eigenvalue weighted by Crippen LogP contribution is 2.35. The minimum Gasteiger partial charge on any atom is -0.313 e. The van der Waals surface area contributed by atoms with E-state index in [0.29, 0.717) is 11.8 Å². The quantitative estimate of drug-likeness (QED) is 0.948. The second-order valence-electron chi connectivity index (χ2n) is 5.61. The van der Waals surface area contributed by atoms with Crippen molar-refractivity contribution in [3.63, 3.8) is 0 Å². The van der Waals surface area contributed by atoms with E-state index in [9.17, 15) is 12.8 Å². The molecule has 2 atom stereocenters. The largest absolute Gasteiger partial charge is 0.313 e. The van der Waals surface area contributed by atoms with Crippen molar-refractivity contribution < 1.29 is 12.8 Å². The maximum atomic E-state index is 13.9. The Labute approximate surface area is 124 Å². The van der Waals surface area contributed by atoms with E-state index in [1.807, 2.05) is 25.2 Å². The van der Waals surface area contributed by atoms with E-state index < -0.39 is 9.84 Å². The number of sulfone groups is 1. The van der Waals surface area contributed by atoms with E-state index in [2.05, 4.69) is 5.32 Å². The molecule has 1 heterocycles. The molecule has 3 rings (SSSR count). The Hall–Kier alpha value is -1.46. The van der Waals surface area contributed by atoms with Crippen LogP contribution >= 0.6 is 0 Å². The fourth-order valence-electron chi connectivity index (χ4n) is 3.29. The van der Waals surface area contributed by atoms with Crippen molar-refractivity contribution in [1.29, 1.82) is 0 Å². The number of hydrogen-bond acceptors (Lipinski definition) is 3. The first-order valence-electron chi connectivity index (χ1n) is 7.06. The van der Waals surface area contributed by atoms with Gasteiger partial charge in [0.05, 0.1) is 11.5 Å². The predicted molar refractivity (Wildman–Crippen MR) is 82.5 cm³/mol. The summed E-state index contributed by atoms with van der Waals surface area (Å²) in [6, 6.07) is 10.5. The van der Waals surface area contributed by atoms with Crippen molar-refractivity contribution in [2.24, 2.45) is 5.92 Å². The molecule has 0 spiro atoms. The molecule has 21 heavy (non-hydrogen) atoms. The molecule has 1 N–H and O–H groups in total. The summed E-state index contributed by atoms with van der Waals surface area (Å²) < 4.78 is 37.4. The van der Waals surface area contributed by atoms with Crippen LogP contribution in [0.4, 0.5) is 4.39 Å². The van der Waals surface area contributed by atoms with E-state index in [0.717, 1.165) is 10.9 Å². The molecule has 1 saturated heterocycles. The minimum absolute atomic E-state index is 0.0360. The first-order valence-corrected chi connectivity index (χ1v) is 8.89. The Bertz CT molecular complexity index is 773. The average Bonchev–Trinajstić information content (AvgIpc) is 2.82. The first-order chi connectivity index (χ1) is 10.0. The van der Waals surface area contributed by atoms with Crippen LogP contribution in [0.25, 0.3) is 10.8 Å². The molecule has 0 radical (unpaired) electrons. The Morgan fingerprint density at radius 1 is 1.19 bits per heavy atom. The second kappa shape index (κ2) is 5.39. The third-order valence-electron chi connectivity index (χ3n) is 4.29. The molecule has 1 fully saturated rings. The minimum atomic E-state index is -2.93. The van der Waals surface area contributed by atoms with Crippen LogP contribution in [-0.2, 0) is 9.84 Å². The third kappa shape index (κ3) is 2.68. The van der Waals surface area contributed by atoms with Crippen molar-refractivity contribution in [2.45, 2.75) is 12.5 Å². The molecule has 1 aliphatic rings. The smallest absolute Gasteiger partial charge is 0.150 e. The van der Waals surface area contributed by atoms with Gasteiger partial charge in [-0.1, -0.05) is 30.3 Å². The summed E-state index contributed by atoms with van der Waals surface area (Å²) >= 11 is 0. The number of nitrogens with one attached hydrogen (secondary N) is 1. The molecule has 0 amide bonds. The highest BCUT2D eigenvalue weighted by atomic mass is 32.2. The van der Waals surface area contributed by atoms with Crippen LogP contribution in [0.3, 0.4) is 0 Å². The Kier molecular flexibility index (Phi) is 3.71. The fraction of sp³-hybridized carbons (Fsp3) is 0.375. The lowest BCUT2D eigenvalue weighted by atomic mass is 9.89. The van der Waals surface area contributed by atoms with Gasteiger partial charge in [-0.25, -0.2) is 12.8 Å². The van der Waals surface area contributed by atoms with Crippen molar-refractivity contribution in [3.8, 4) is 0 Å². The van der Waals surface area contributed by atoms with Crippen LogP contribution in [0.5, 0.6) is 0 Å². The predicted octanol–water partition coefficient (Wildman–Crippen LogP) is 2.67. The third-order valence-corrected chi connectivity index (χ3v) is 6.08. The SMILES string of the molecule is CNC(c1ccc(F)c2ccccc12)C1CCS(=O)(=O)C1. The zero-order valence-corrected chi connectivity index (χ0v) is 12.7. The highest BCUT2D eigenvalue weighted by Gasteiger charge is 2.34. The lowest BCUT2D eigenvalue weighted by Crippen LogP contribution is -2.26. The topological polar surface area (TPSA) is 46.2 Å². The van der Waals surface area contributed by atoms with E-state index in [-0.39, 0.29) is 29.3 Å². The normalized spacial score (nSPS) is 22.5. The Balaban J connectivity index is 2.08. The van der Waals surface area contributed by atoms with Gasteiger partial charge in [0.1, 0.15) is 5.82 Å². The highest BCUT2D eigenvalue weighted by molar-refractivity contribution is 7.91. The standard InChI is InChI=1S/C16H18FNO2S/c1-18-16(11-8-9-21(19,20)10-11)14-6-7-15(17)13-5-3-2-4-12(13)14/h2-7,11,16,18H,8-10H2,1H3. The van der Waals surface area contributed by atoms with Crippen molar-refractivity contribution >= 4 is 20.6 Å². The number of halogens is 1. The molecule has 2 unspecified atom stereocenters. The van der Waals surface area contributed by atoms with Gasteiger partial charge in [-0.3, -0.25) is 0 Å². The van der Waals surface area contributed by atoms with Crippen LogP contribution in [-0.4, -0.2) is 27.0 Å². The van der Waals surface area contributed by atoms with Gasteiger partial charge in [-0.05, 0) is 36.4 Å². The van der Waals surface area contributed by atoms with Crippen LogP contribution < -0.4 is 5.32 Å². The molecule has 0 saturated carbocycles. The number of hydrogen-bond donors (Lipinski definition) is 1. The molecule has 0 aliphatic carbocycles. The van der Waals surface area contributed by atoms with Gasteiger partial charge in [0.2, 0.25) is 0 Å². The van der Waals surface area contributed by atoms with E-state index in [1.165, 1.54) is 6.07 Å². The van der Waals surface area contributed by atoms with Gasteiger partial charge in [-0.2, -0.15) is 0 Å². The zero-order chi connectivity index (χ0) is 15.0. The van der Waals surface area contributed by atoms with Crippen LogP contribution in [0, 0.1) is 11.7 Å². The summed E-state index contributed by atoms with van der Waals surface area (Å²) in [5.41, 5.74) is 0.969. The molecule has 5 heteroatoms. The van der Waals surface area contributed by atoms with Crippen molar-refractivity contribution in [1.82, 2.24) is 5.32 Å². The first kappa shape index (κ1) is 14.5. The average molecular weight is 307 g/mol. The number of benzene rings is 2. The van der Waals surface area contributed by atoms with E-state index in [4.69, 9.17) is 0 Å². The van der Waals surface area contributed by atoms with Crippen LogP contribution in [0.15, 0.2) is 36.4 Å². The fourth-order valence-corrected chi connectivity index (χ4v) is 5.13. The van der Waals surface area contributed by atoms with Gasteiger partial charge >= 0.3 is 0 Å². The lowest BCUT2D eigenvalue weighted by molar-refractivity contribution is 0.421. The Morgan fingerprint density at radius 3 is 2.52 bits per heavy atom. The Morgan fingerprint density at radius 2 is 1.90 bits per heavy atom. The van der Waals surface area contributed by atoms with Crippen LogP contribution in [0.1, 0.15) is 18.0 Å². The molecule has 3 nitrogen and oxygen atoms in total. The zero-order valence-electron chi connectivity index (χ0n) is 11.8. The van der Waals surface area contributed by atoms with E-state index >= 15 is 0 Å². The number of rotatable bonds is 3. The maximum Gasteiger partial charge on any atom is 0.150 e. The molecular formula is C16H18FNO2S. The van der Waals surface area contributed by atoms with Gasteiger partial charge in [-0.15, -0.1) is 0 Å². The second-order valence-corrected chi connectivity index (χ2v) is 7.84. The van der Waals surface area contributed by atoms with Crippen molar-refractivity contribution in [2.75, 3.05) is 18.6 Å².